The molecule has 0 aromatic carbocycles. The number of fused-ring (bicyclic) bond motifs is 1. The molecule has 5 aromatic rings. The van der Waals surface area contributed by atoms with E-state index < -0.39 is 0 Å². The van der Waals surface area contributed by atoms with Gasteiger partial charge in [-0.3, -0.25) is 4.98 Å². The first-order valence-electron chi connectivity index (χ1n) is 9.96. The quantitative estimate of drug-likeness (QED) is 0.458. The second-order valence-electron chi connectivity index (χ2n) is 7.45. The fourth-order valence-corrected chi connectivity index (χ4v) is 3.34. The first-order valence-corrected chi connectivity index (χ1v) is 9.96. The molecule has 0 unspecified atom stereocenters. The van der Waals surface area contributed by atoms with Crippen LogP contribution in [0.3, 0.4) is 0 Å². The molecular formula is C22H18N10. The van der Waals surface area contributed by atoms with E-state index in [0.717, 1.165) is 22.3 Å². The molecule has 156 valence electrons. The molecule has 32 heavy (non-hydrogen) atoms. The van der Waals surface area contributed by atoms with Crippen LogP contribution in [0, 0.1) is 11.3 Å². The lowest BCUT2D eigenvalue weighted by atomic mass is 10.2. The topological polar surface area (TPSA) is 123 Å². The minimum absolute atomic E-state index is 0.177. The number of nitriles is 1. The van der Waals surface area contributed by atoms with E-state index in [1.165, 1.54) is 6.20 Å². The Morgan fingerprint density at radius 1 is 1.09 bits per heavy atom. The number of nitrogens with zero attached hydrogens (tertiary/aromatic N) is 9. The summed E-state index contributed by atoms with van der Waals surface area (Å²) >= 11 is 0. The van der Waals surface area contributed by atoms with Crippen LogP contribution in [0.1, 0.15) is 19.4 Å². The normalized spacial score (nSPS) is 11.1. The highest BCUT2D eigenvalue weighted by atomic mass is 15.4. The SMILES string of the molecule is CC(C)Nc1cc(-n2ncc3cc(C#N)cnc32)ncc1-n1cc(-c2cccnc2)nn1. The molecule has 0 bridgehead atoms. The van der Waals surface area contributed by atoms with Gasteiger partial charge in [-0.2, -0.15) is 15.0 Å². The van der Waals surface area contributed by atoms with Crippen LogP contribution in [-0.2, 0) is 0 Å². The van der Waals surface area contributed by atoms with Crippen molar-refractivity contribution in [3.05, 3.63) is 67.0 Å². The van der Waals surface area contributed by atoms with Crippen molar-refractivity contribution in [1.29, 1.82) is 5.26 Å². The van der Waals surface area contributed by atoms with Gasteiger partial charge in [0.05, 0.1) is 29.8 Å². The molecule has 0 spiro atoms. The van der Waals surface area contributed by atoms with Crippen LogP contribution in [0.4, 0.5) is 5.69 Å². The second-order valence-corrected chi connectivity index (χ2v) is 7.45. The molecule has 0 fully saturated rings. The van der Waals surface area contributed by atoms with Crippen LogP contribution in [0.25, 0.3) is 33.8 Å². The van der Waals surface area contributed by atoms with Gasteiger partial charge in [-0.15, -0.1) is 5.10 Å². The van der Waals surface area contributed by atoms with Crippen molar-refractivity contribution in [2.75, 3.05) is 5.32 Å². The molecule has 1 N–H and O–H groups in total. The molecule has 0 saturated carbocycles. The third kappa shape index (κ3) is 3.52. The van der Waals surface area contributed by atoms with E-state index in [0.29, 0.717) is 22.7 Å². The fraction of sp³-hybridized carbons (Fsp3) is 0.136. The molecule has 5 rings (SSSR count). The molecule has 0 saturated heterocycles. The zero-order valence-electron chi connectivity index (χ0n) is 17.4. The Morgan fingerprint density at radius 2 is 2.00 bits per heavy atom. The average Bonchev–Trinajstić information content (AvgIpc) is 3.46. The largest absolute Gasteiger partial charge is 0.381 e. The van der Waals surface area contributed by atoms with Crippen LogP contribution >= 0.6 is 0 Å². The van der Waals surface area contributed by atoms with Crippen LogP contribution in [0.15, 0.2) is 61.4 Å². The van der Waals surface area contributed by atoms with Crippen molar-refractivity contribution in [1.82, 2.24) is 39.7 Å². The number of nitrogens with one attached hydrogen (secondary N) is 1. The van der Waals surface area contributed by atoms with Gasteiger partial charge in [-0.25, -0.2) is 14.6 Å². The molecule has 10 heteroatoms. The van der Waals surface area contributed by atoms with E-state index in [4.69, 9.17) is 5.26 Å². The lowest BCUT2D eigenvalue weighted by molar-refractivity contribution is 0.789. The highest BCUT2D eigenvalue weighted by Gasteiger charge is 2.15. The van der Waals surface area contributed by atoms with Gasteiger partial charge in [0.2, 0.25) is 0 Å². The summed E-state index contributed by atoms with van der Waals surface area (Å²) in [7, 11) is 0. The molecule has 0 amide bonds. The lowest BCUT2D eigenvalue weighted by Crippen LogP contribution is -2.14. The van der Waals surface area contributed by atoms with Crippen LogP contribution in [0.2, 0.25) is 0 Å². The van der Waals surface area contributed by atoms with Gasteiger partial charge in [-0.1, -0.05) is 5.21 Å². The second kappa shape index (κ2) is 7.88. The maximum absolute atomic E-state index is 9.10. The highest BCUT2D eigenvalue weighted by molar-refractivity contribution is 5.77. The summed E-state index contributed by atoms with van der Waals surface area (Å²) in [6.45, 7) is 4.11. The van der Waals surface area contributed by atoms with Gasteiger partial charge in [0.1, 0.15) is 17.5 Å². The maximum Gasteiger partial charge on any atom is 0.164 e. The summed E-state index contributed by atoms with van der Waals surface area (Å²) in [5.74, 6) is 0.594. The van der Waals surface area contributed by atoms with Crippen LogP contribution < -0.4 is 5.32 Å². The van der Waals surface area contributed by atoms with E-state index in [9.17, 15) is 0 Å². The standard InChI is InChI=1S/C22H18N10/c1-14(2)28-18-7-21(32-22-17(11-27-32)6-15(8-23)9-26-22)25-12-20(18)31-13-19(29-30-31)16-4-3-5-24-10-16/h3-7,9-14H,1-2H3,(H,25,28). The Morgan fingerprint density at radius 3 is 2.78 bits per heavy atom. The Hall–Kier alpha value is -4.65. The van der Waals surface area contributed by atoms with Gasteiger partial charge in [-0.05, 0) is 32.0 Å². The summed E-state index contributed by atoms with van der Waals surface area (Å²) in [5.41, 5.74) is 4.28. The van der Waals surface area contributed by atoms with E-state index >= 15 is 0 Å². The van der Waals surface area contributed by atoms with E-state index in [1.807, 2.05) is 24.4 Å². The lowest BCUT2D eigenvalue weighted by Gasteiger charge is -2.15. The van der Waals surface area contributed by atoms with Crippen LogP contribution in [0.5, 0.6) is 0 Å². The zero-order chi connectivity index (χ0) is 22.1. The Balaban J connectivity index is 1.58. The Bertz CT molecular complexity index is 1440. The molecule has 0 aliphatic heterocycles. The van der Waals surface area contributed by atoms with Gasteiger partial charge in [0, 0.05) is 41.6 Å². The zero-order valence-corrected chi connectivity index (χ0v) is 17.4. The van der Waals surface area contributed by atoms with Gasteiger partial charge >= 0.3 is 0 Å². The molecular weight excluding hydrogens is 404 g/mol. The number of rotatable bonds is 5. The summed E-state index contributed by atoms with van der Waals surface area (Å²) < 4.78 is 3.33. The monoisotopic (exact) mass is 422 g/mol. The van der Waals surface area contributed by atoms with Crippen molar-refractivity contribution in [2.24, 2.45) is 0 Å². The average molecular weight is 422 g/mol. The summed E-state index contributed by atoms with van der Waals surface area (Å²) in [4.78, 5) is 13.1. The Kier molecular flexibility index (Phi) is 4.76. The molecule has 0 atom stereocenters. The summed E-state index contributed by atoms with van der Waals surface area (Å²) in [6.07, 6.45) is 10.2. The van der Waals surface area contributed by atoms with Crippen LogP contribution in [-0.4, -0.2) is 45.8 Å². The van der Waals surface area contributed by atoms with Crippen molar-refractivity contribution in [2.45, 2.75) is 19.9 Å². The first kappa shape index (κ1) is 19.3. The summed E-state index contributed by atoms with van der Waals surface area (Å²) in [5, 5.41) is 26.3. The van der Waals surface area contributed by atoms with E-state index in [2.05, 4.69) is 55.6 Å². The molecule has 0 radical (unpaired) electrons. The Labute approximate surface area is 183 Å². The highest BCUT2D eigenvalue weighted by Crippen LogP contribution is 2.25. The predicted octanol–water partition coefficient (Wildman–Crippen LogP) is 3.15. The van der Waals surface area contributed by atoms with E-state index in [-0.39, 0.29) is 6.04 Å². The van der Waals surface area contributed by atoms with Crippen molar-refractivity contribution < 1.29 is 0 Å². The third-order valence-corrected chi connectivity index (χ3v) is 4.76. The smallest absolute Gasteiger partial charge is 0.164 e. The molecule has 5 heterocycles. The third-order valence-electron chi connectivity index (χ3n) is 4.76. The molecule has 10 nitrogen and oxygen atoms in total. The molecule has 5 aromatic heterocycles. The number of aromatic nitrogens is 8. The van der Waals surface area contributed by atoms with Crippen molar-refractivity contribution >= 4 is 16.7 Å². The fourth-order valence-electron chi connectivity index (χ4n) is 3.34. The first-order chi connectivity index (χ1) is 15.6. The maximum atomic E-state index is 9.10. The number of hydrogen-bond donors (Lipinski definition) is 1. The minimum atomic E-state index is 0.177. The van der Waals surface area contributed by atoms with Crippen molar-refractivity contribution in [3.8, 4) is 28.8 Å². The minimum Gasteiger partial charge on any atom is -0.381 e. The van der Waals surface area contributed by atoms with Gasteiger partial charge in [0.25, 0.3) is 0 Å². The van der Waals surface area contributed by atoms with E-state index in [1.54, 1.807) is 40.2 Å². The molecule has 0 aliphatic carbocycles. The molecule has 0 aliphatic rings. The predicted molar refractivity (Wildman–Crippen MR) is 118 cm³/mol. The van der Waals surface area contributed by atoms with Gasteiger partial charge in [0.15, 0.2) is 11.5 Å². The number of pyridine rings is 3. The van der Waals surface area contributed by atoms with Crippen molar-refractivity contribution in [3.63, 3.8) is 0 Å². The number of hydrogen-bond acceptors (Lipinski definition) is 8. The summed E-state index contributed by atoms with van der Waals surface area (Å²) in [6, 6.07) is 9.71. The number of anilines is 1. The van der Waals surface area contributed by atoms with Gasteiger partial charge < -0.3 is 5.32 Å².